The molecule has 1 rings (SSSR count). The Morgan fingerprint density at radius 1 is 1.44 bits per heavy atom. The fraction of sp³-hybridized carbons (Fsp3) is 0.538. The summed E-state index contributed by atoms with van der Waals surface area (Å²) >= 11 is 6.04. The van der Waals surface area contributed by atoms with Crippen LogP contribution in [0.4, 0.5) is 5.69 Å². The van der Waals surface area contributed by atoms with Crippen molar-refractivity contribution >= 4 is 17.3 Å². The molecule has 0 bridgehead atoms. The van der Waals surface area contributed by atoms with E-state index in [1.807, 2.05) is 18.2 Å². The maximum atomic E-state index is 6.04. The monoisotopic (exact) mass is 241 g/mol. The fourth-order valence-electron chi connectivity index (χ4n) is 1.66. The van der Waals surface area contributed by atoms with Crippen LogP contribution in [0.15, 0.2) is 18.2 Å². The third kappa shape index (κ3) is 3.93. The summed E-state index contributed by atoms with van der Waals surface area (Å²) in [7, 11) is 1.62. The maximum Gasteiger partial charge on any atom is 0.137 e. The molecule has 1 aromatic rings. The molecule has 0 aliphatic rings. The van der Waals surface area contributed by atoms with Gasteiger partial charge in [-0.2, -0.15) is 0 Å². The molecule has 0 heterocycles. The van der Waals surface area contributed by atoms with Gasteiger partial charge in [-0.1, -0.05) is 31.9 Å². The minimum absolute atomic E-state index is 0.649. The Kier molecular flexibility index (Phi) is 5.47. The van der Waals surface area contributed by atoms with Gasteiger partial charge < -0.3 is 10.1 Å². The van der Waals surface area contributed by atoms with E-state index in [0.29, 0.717) is 16.7 Å². The van der Waals surface area contributed by atoms with Crippen LogP contribution in [0.1, 0.15) is 26.7 Å². The number of ether oxygens (including phenoxy) is 1. The first-order chi connectivity index (χ1) is 7.67. The molecule has 3 heteroatoms. The van der Waals surface area contributed by atoms with Crippen LogP contribution in [-0.4, -0.2) is 13.7 Å². The van der Waals surface area contributed by atoms with Crippen LogP contribution in [0.5, 0.6) is 5.75 Å². The molecule has 0 radical (unpaired) electrons. The van der Waals surface area contributed by atoms with E-state index in [4.69, 9.17) is 16.3 Å². The lowest BCUT2D eigenvalue weighted by atomic mass is 10.1. The average molecular weight is 242 g/mol. The Hall–Kier alpha value is -0.890. The smallest absolute Gasteiger partial charge is 0.137 e. The molecular formula is C13H20ClNO. The van der Waals surface area contributed by atoms with Gasteiger partial charge in [0.15, 0.2) is 0 Å². The van der Waals surface area contributed by atoms with Gasteiger partial charge in [-0.25, -0.2) is 0 Å². The standard InChI is InChI=1S/C13H20ClNO/c1-4-5-10(2)9-15-11-6-7-13(16-3)12(14)8-11/h6-8,10,15H,4-5,9H2,1-3H3. The molecule has 0 spiro atoms. The van der Waals surface area contributed by atoms with Gasteiger partial charge in [0.1, 0.15) is 5.75 Å². The van der Waals surface area contributed by atoms with Crippen molar-refractivity contribution in [2.45, 2.75) is 26.7 Å². The number of halogens is 1. The van der Waals surface area contributed by atoms with Gasteiger partial charge in [0.05, 0.1) is 12.1 Å². The Balaban J connectivity index is 2.51. The van der Waals surface area contributed by atoms with E-state index >= 15 is 0 Å². The molecular weight excluding hydrogens is 222 g/mol. The topological polar surface area (TPSA) is 21.3 Å². The second-order valence-electron chi connectivity index (χ2n) is 4.12. The van der Waals surface area contributed by atoms with E-state index < -0.39 is 0 Å². The van der Waals surface area contributed by atoms with E-state index in [0.717, 1.165) is 12.2 Å². The highest BCUT2D eigenvalue weighted by molar-refractivity contribution is 6.32. The lowest BCUT2D eigenvalue weighted by Gasteiger charge is -2.13. The lowest BCUT2D eigenvalue weighted by molar-refractivity contribution is 0.415. The number of benzene rings is 1. The molecule has 16 heavy (non-hydrogen) atoms. The molecule has 1 N–H and O–H groups in total. The van der Waals surface area contributed by atoms with Gasteiger partial charge in [0.25, 0.3) is 0 Å². The molecule has 0 saturated heterocycles. The molecule has 2 nitrogen and oxygen atoms in total. The SMILES string of the molecule is CCCC(C)CNc1ccc(OC)c(Cl)c1. The van der Waals surface area contributed by atoms with Gasteiger partial charge in [-0.3, -0.25) is 0 Å². The zero-order chi connectivity index (χ0) is 12.0. The Morgan fingerprint density at radius 3 is 2.75 bits per heavy atom. The third-order valence-corrected chi connectivity index (χ3v) is 2.88. The van der Waals surface area contributed by atoms with Crippen molar-refractivity contribution in [3.8, 4) is 5.75 Å². The number of nitrogens with one attached hydrogen (secondary N) is 1. The van der Waals surface area contributed by atoms with Gasteiger partial charge >= 0.3 is 0 Å². The second-order valence-corrected chi connectivity index (χ2v) is 4.53. The lowest BCUT2D eigenvalue weighted by Crippen LogP contribution is -2.10. The Morgan fingerprint density at radius 2 is 2.19 bits per heavy atom. The van der Waals surface area contributed by atoms with Crippen LogP contribution in [0.2, 0.25) is 5.02 Å². The number of hydrogen-bond acceptors (Lipinski definition) is 2. The number of anilines is 1. The average Bonchev–Trinajstić information content (AvgIpc) is 2.27. The minimum Gasteiger partial charge on any atom is -0.495 e. The highest BCUT2D eigenvalue weighted by Gasteiger charge is 2.03. The predicted octanol–water partition coefficient (Wildman–Crippen LogP) is 4.20. The van der Waals surface area contributed by atoms with Crippen molar-refractivity contribution in [3.05, 3.63) is 23.2 Å². The first kappa shape index (κ1) is 13.2. The molecule has 0 saturated carbocycles. The van der Waals surface area contributed by atoms with Crippen LogP contribution in [0.3, 0.4) is 0 Å². The quantitative estimate of drug-likeness (QED) is 0.806. The molecule has 1 unspecified atom stereocenters. The second kappa shape index (κ2) is 6.64. The van der Waals surface area contributed by atoms with E-state index in [-0.39, 0.29) is 0 Å². The van der Waals surface area contributed by atoms with Crippen molar-refractivity contribution in [1.82, 2.24) is 0 Å². The summed E-state index contributed by atoms with van der Waals surface area (Å²) in [5, 5.41) is 4.03. The zero-order valence-corrected chi connectivity index (χ0v) is 11.0. The van der Waals surface area contributed by atoms with Crippen molar-refractivity contribution < 1.29 is 4.74 Å². The molecule has 90 valence electrons. The van der Waals surface area contributed by atoms with Crippen LogP contribution in [-0.2, 0) is 0 Å². The fourth-order valence-corrected chi connectivity index (χ4v) is 1.92. The molecule has 1 aromatic carbocycles. The predicted molar refractivity (Wildman–Crippen MR) is 70.6 cm³/mol. The maximum absolute atomic E-state index is 6.04. The Bertz CT molecular complexity index is 328. The van der Waals surface area contributed by atoms with Crippen LogP contribution in [0.25, 0.3) is 0 Å². The molecule has 0 fully saturated rings. The van der Waals surface area contributed by atoms with Gasteiger partial charge in [-0.15, -0.1) is 0 Å². The van der Waals surface area contributed by atoms with Gasteiger partial charge in [0.2, 0.25) is 0 Å². The van der Waals surface area contributed by atoms with Crippen LogP contribution < -0.4 is 10.1 Å². The van der Waals surface area contributed by atoms with Crippen molar-refractivity contribution in [3.63, 3.8) is 0 Å². The van der Waals surface area contributed by atoms with Crippen LogP contribution in [0, 0.1) is 5.92 Å². The highest BCUT2D eigenvalue weighted by atomic mass is 35.5. The first-order valence-corrected chi connectivity index (χ1v) is 6.12. The summed E-state index contributed by atoms with van der Waals surface area (Å²) in [6.07, 6.45) is 2.48. The zero-order valence-electron chi connectivity index (χ0n) is 10.2. The van der Waals surface area contributed by atoms with Crippen molar-refractivity contribution in [1.29, 1.82) is 0 Å². The summed E-state index contributed by atoms with van der Waals surface area (Å²) in [4.78, 5) is 0. The van der Waals surface area contributed by atoms with E-state index in [1.165, 1.54) is 12.8 Å². The summed E-state index contributed by atoms with van der Waals surface area (Å²) in [6, 6.07) is 5.78. The normalized spacial score (nSPS) is 12.2. The molecule has 0 amide bonds. The van der Waals surface area contributed by atoms with Gasteiger partial charge in [0, 0.05) is 12.2 Å². The molecule has 1 atom stereocenters. The third-order valence-electron chi connectivity index (χ3n) is 2.59. The van der Waals surface area contributed by atoms with E-state index in [2.05, 4.69) is 19.2 Å². The number of hydrogen-bond donors (Lipinski definition) is 1. The van der Waals surface area contributed by atoms with Gasteiger partial charge in [-0.05, 0) is 30.5 Å². The van der Waals surface area contributed by atoms with E-state index in [1.54, 1.807) is 7.11 Å². The Labute approximate surface area is 103 Å². The largest absolute Gasteiger partial charge is 0.495 e. The number of rotatable bonds is 6. The summed E-state index contributed by atoms with van der Waals surface area (Å²) in [6.45, 7) is 5.44. The number of methoxy groups -OCH3 is 1. The molecule has 0 aliphatic carbocycles. The first-order valence-electron chi connectivity index (χ1n) is 5.74. The van der Waals surface area contributed by atoms with Crippen molar-refractivity contribution in [2.75, 3.05) is 19.0 Å². The molecule has 0 aliphatic heterocycles. The van der Waals surface area contributed by atoms with E-state index in [9.17, 15) is 0 Å². The highest BCUT2D eigenvalue weighted by Crippen LogP contribution is 2.27. The summed E-state index contributed by atoms with van der Waals surface area (Å²) in [5.74, 6) is 1.40. The minimum atomic E-state index is 0.649. The van der Waals surface area contributed by atoms with Crippen LogP contribution >= 0.6 is 11.6 Å². The summed E-state index contributed by atoms with van der Waals surface area (Å²) < 4.78 is 5.10. The summed E-state index contributed by atoms with van der Waals surface area (Å²) in [5.41, 5.74) is 1.05. The van der Waals surface area contributed by atoms with Crippen molar-refractivity contribution in [2.24, 2.45) is 5.92 Å². The molecule has 0 aromatic heterocycles.